The fourth-order valence-electron chi connectivity index (χ4n) is 2.89. The number of aryl methyl sites for hydroxylation is 1. The molecule has 0 fully saturated rings. The quantitative estimate of drug-likeness (QED) is 0.657. The van der Waals surface area contributed by atoms with Gasteiger partial charge in [-0.3, -0.25) is 4.79 Å². The zero-order chi connectivity index (χ0) is 20.7. The first kappa shape index (κ1) is 21.9. The average molecular weight is 406 g/mol. The van der Waals surface area contributed by atoms with Crippen LogP contribution in [0.2, 0.25) is 0 Å². The van der Waals surface area contributed by atoms with Gasteiger partial charge in [0, 0.05) is 12.0 Å². The smallest absolute Gasteiger partial charge is 0.221 e. The summed E-state index contributed by atoms with van der Waals surface area (Å²) in [6.45, 7) is 2.33. The highest BCUT2D eigenvalue weighted by Crippen LogP contribution is 2.16. The summed E-state index contributed by atoms with van der Waals surface area (Å²) < 4.78 is 29.9. The van der Waals surface area contributed by atoms with Gasteiger partial charge in [0.15, 0.2) is 9.84 Å². The van der Waals surface area contributed by atoms with Crippen molar-refractivity contribution < 1.29 is 22.8 Å². The van der Waals surface area contributed by atoms with Gasteiger partial charge in [-0.1, -0.05) is 17.7 Å². The molecule has 1 atom stereocenters. The number of ether oxygens (including phenoxy) is 1. The molecule has 152 valence electrons. The Morgan fingerprint density at radius 3 is 2.21 bits per heavy atom. The molecule has 7 heteroatoms. The molecule has 0 saturated heterocycles. The SMILES string of the molecule is COc1ccc([C@H](CNC(=O)CCS(=O)(=O)c2ccc(C)cc2)[NH+](C)C)cc1. The minimum Gasteiger partial charge on any atom is -0.497 e. The second-order valence-electron chi connectivity index (χ2n) is 7.09. The van der Waals surface area contributed by atoms with Crippen LogP contribution in [-0.4, -0.2) is 47.8 Å². The van der Waals surface area contributed by atoms with Crippen molar-refractivity contribution in [3.05, 3.63) is 59.7 Å². The maximum Gasteiger partial charge on any atom is 0.221 e. The van der Waals surface area contributed by atoms with Gasteiger partial charge in [0.25, 0.3) is 0 Å². The number of carbonyl (C=O) groups excluding carboxylic acids is 1. The van der Waals surface area contributed by atoms with Crippen LogP contribution in [0.5, 0.6) is 5.75 Å². The van der Waals surface area contributed by atoms with Crippen LogP contribution in [0.25, 0.3) is 0 Å². The number of benzene rings is 2. The van der Waals surface area contributed by atoms with Crippen LogP contribution in [0.1, 0.15) is 23.6 Å². The highest BCUT2D eigenvalue weighted by molar-refractivity contribution is 7.91. The lowest BCUT2D eigenvalue weighted by atomic mass is 10.1. The van der Waals surface area contributed by atoms with Crippen LogP contribution in [-0.2, 0) is 14.6 Å². The Kier molecular flexibility index (Phi) is 7.60. The Labute approximate surface area is 167 Å². The molecule has 1 amide bonds. The molecule has 0 aromatic heterocycles. The Morgan fingerprint density at radius 1 is 1.07 bits per heavy atom. The minimum atomic E-state index is -3.47. The molecule has 0 bridgehead atoms. The summed E-state index contributed by atoms with van der Waals surface area (Å²) in [6.07, 6.45) is -0.0612. The summed E-state index contributed by atoms with van der Waals surface area (Å²) >= 11 is 0. The minimum absolute atomic E-state index is 0.0589. The number of carbonyl (C=O) groups is 1. The number of nitrogens with one attached hydrogen (secondary N) is 2. The summed E-state index contributed by atoms with van der Waals surface area (Å²) in [5.41, 5.74) is 2.07. The number of quaternary nitrogens is 1. The Bertz CT molecular complexity index is 876. The number of likely N-dealkylation sites (N-methyl/N-ethyl adjacent to an activating group) is 1. The zero-order valence-corrected chi connectivity index (χ0v) is 17.7. The van der Waals surface area contributed by atoms with Crippen LogP contribution in [0.3, 0.4) is 0 Å². The highest BCUT2D eigenvalue weighted by Gasteiger charge is 2.20. The van der Waals surface area contributed by atoms with Gasteiger partial charge in [0.05, 0.1) is 38.4 Å². The standard InChI is InChI=1S/C21H28N2O4S/c1-16-5-11-19(12-6-16)28(25,26)14-13-21(24)22-15-20(23(2)3)17-7-9-18(27-4)10-8-17/h5-12,20H,13-15H2,1-4H3,(H,22,24)/p+1/t20-/m0/s1. The van der Waals surface area contributed by atoms with Crippen LogP contribution in [0.4, 0.5) is 0 Å². The third-order valence-corrected chi connectivity index (χ3v) is 6.43. The van der Waals surface area contributed by atoms with Crippen molar-refractivity contribution in [3.8, 4) is 5.75 Å². The third kappa shape index (κ3) is 6.07. The third-order valence-electron chi connectivity index (χ3n) is 4.70. The van der Waals surface area contributed by atoms with Gasteiger partial charge < -0.3 is 15.0 Å². The Morgan fingerprint density at radius 2 is 1.68 bits per heavy atom. The van der Waals surface area contributed by atoms with E-state index in [1.807, 2.05) is 45.3 Å². The van der Waals surface area contributed by atoms with E-state index < -0.39 is 9.84 Å². The summed E-state index contributed by atoms with van der Waals surface area (Å²) in [5.74, 6) is 0.307. The lowest BCUT2D eigenvalue weighted by molar-refractivity contribution is -0.890. The lowest BCUT2D eigenvalue weighted by Crippen LogP contribution is -3.07. The molecule has 0 radical (unpaired) electrons. The van der Waals surface area contributed by atoms with E-state index in [0.29, 0.717) is 6.54 Å². The number of hydrogen-bond acceptors (Lipinski definition) is 4. The number of sulfone groups is 1. The van der Waals surface area contributed by atoms with Crippen LogP contribution < -0.4 is 15.0 Å². The van der Waals surface area contributed by atoms with E-state index in [1.54, 1.807) is 31.4 Å². The Hall–Kier alpha value is -2.38. The first-order chi connectivity index (χ1) is 13.2. The molecule has 0 saturated carbocycles. The van der Waals surface area contributed by atoms with Crippen molar-refractivity contribution in [2.45, 2.75) is 24.3 Å². The topological polar surface area (TPSA) is 76.9 Å². The number of rotatable bonds is 9. The molecular weight excluding hydrogens is 376 g/mol. The van der Waals surface area contributed by atoms with E-state index >= 15 is 0 Å². The van der Waals surface area contributed by atoms with Gasteiger partial charge in [0.2, 0.25) is 5.91 Å². The second kappa shape index (κ2) is 9.71. The first-order valence-electron chi connectivity index (χ1n) is 9.23. The van der Waals surface area contributed by atoms with Crippen LogP contribution in [0.15, 0.2) is 53.4 Å². The summed E-state index contributed by atoms with van der Waals surface area (Å²) in [5, 5.41) is 2.87. The average Bonchev–Trinajstić information content (AvgIpc) is 2.67. The fourth-order valence-corrected chi connectivity index (χ4v) is 4.13. The summed E-state index contributed by atoms with van der Waals surface area (Å²) in [7, 11) is 2.19. The molecule has 28 heavy (non-hydrogen) atoms. The van der Waals surface area contributed by atoms with Gasteiger partial charge in [-0.05, 0) is 43.3 Å². The van der Waals surface area contributed by atoms with Crippen LogP contribution >= 0.6 is 0 Å². The molecule has 0 aliphatic carbocycles. The molecule has 0 heterocycles. The van der Waals surface area contributed by atoms with Crippen molar-refractivity contribution in [1.82, 2.24) is 5.32 Å². The van der Waals surface area contributed by atoms with Gasteiger partial charge in [0.1, 0.15) is 11.8 Å². The zero-order valence-electron chi connectivity index (χ0n) is 16.9. The molecule has 2 aromatic rings. The monoisotopic (exact) mass is 405 g/mol. The highest BCUT2D eigenvalue weighted by atomic mass is 32.2. The van der Waals surface area contributed by atoms with Gasteiger partial charge in [-0.25, -0.2) is 8.42 Å². The van der Waals surface area contributed by atoms with Crippen LogP contribution in [0, 0.1) is 6.92 Å². The summed E-state index contributed by atoms with van der Waals surface area (Å²) in [6, 6.07) is 14.5. The van der Waals surface area contributed by atoms with Gasteiger partial charge >= 0.3 is 0 Å². The lowest BCUT2D eigenvalue weighted by Gasteiger charge is -2.22. The molecule has 0 aliphatic heterocycles. The van der Waals surface area contributed by atoms with E-state index in [9.17, 15) is 13.2 Å². The molecule has 6 nitrogen and oxygen atoms in total. The summed E-state index contributed by atoms with van der Waals surface area (Å²) in [4.78, 5) is 13.6. The fraction of sp³-hybridized carbons (Fsp3) is 0.381. The van der Waals surface area contributed by atoms with Gasteiger partial charge in [-0.15, -0.1) is 0 Å². The van der Waals surface area contributed by atoms with Crippen molar-refractivity contribution in [1.29, 1.82) is 0 Å². The maximum absolute atomic E-state index is 12.4. The largest absolute Gasteiger partial charge is 0.497 e. The molecule has 2 N–H and O–H groups in total. The van der Waals surface area contributed by atoms with E-state index in [-0.39, 0.29) is 29.0 Å². The molecule has 0 aliphatic rings. The number of amides is 1. The normalized spacial score (nSPS) is 12.6. The van der Waals surface area contributed by atoms with Crippen molar-refractivity contribution in [2.24, 2.45) is 0 Å². The molecule has 0 unspecified atom stereocenters. The van der Waals surface area contributed by atoms with E-state index in [1.165, 1.54) is 0 Å². The first-order valence-corrected chi connectivity index (χ1v) is 10.9. The molecule has 0 spiro atoms. The predicted molar refractivity (Wildman–Crippen MR) is 109 cm³/mol. The second-order valence-corrected chi connectivity index (χ2v) is 9.20. The maximum atomic E-state index is 12.4. The van der Waals surface area contributed by atoms with E-state index in [0.717, 1.165) is 21.8 Å². The van der Waals surface area contributed by atoms with Crippen molar-refractivity contribution >= 4 is 15.7 Å². The van der Waals surface area contributed by atoms with E-state index in [2.05, 4.69) is 5.32 Å². The van der Waals surface area contributed by atoms with Crippen molar-refractivity contribution in [2.75, 3.05) is 33.5 Å². The van der Waals surface area contributed by atoms with Gasteiger partial charge in [-0.2, -0.15) is 0 Å². The van der Waals surface area contributed by atoms with Crippen molar-refractivity contribution in [3.63, 3.8) is 0 Å². The molecule has 2 aromatic carbocycles. The number of methoxy groups -OCH3 is 1. The molecular formula is C21H29N2O4S+. The number of hydrogen-bond donors (Lipinski definition) is 2. The molecule has 2 rings (SSSR count). The Balaban J connectivity index is 1.92. The predicted octanol–water partition coefficient (Wildman–Crippen LogP) is 1.17. The van der Waals surface area contributed by atoms with E-state index in [4.69, 9.17) is 4.74 Å².